The Kier molecular flexibility index (Phi) is 2.77. The minimum absolute atomic E-state index is 0.460. The molecule has 1 unspecified atom stereocenters. The van der Waals surface area contributed by atoms with E-state index in [-0.39, 0.29) is 0 Å². The Hall–Kier alpha value is -1.12. The van der Waals surface area contributed by atoms with Crippen molar-refractivity contribution in [2.24, 2.45) is 0 Å². The van der Waals surface area contributed by atoms with Gasteiger partial charge >= 0.3 is 0 Å². The van der Waals surface area contributed by atoms with Gasteiger partial charge in [-0.1, -0.05) is 24.3 Å². The SMILES string of the molecule is Cc1sccc1C(O)c1ccccc1C1CC1. The number of benzene rings is 1. The first-order valence-electron chi connectivity index (χ1n) is 6.08. The maximum atomic E-state index is 10.5. The van der Waals surface area contributed by atoms with E-state index in [1.807, 2.05) is 17.5 Å². The fourth-order valence-electron chi connectivity index (χ4n) is 2.37. The number of hydrogen-bond acceptors (Lipinski definition) is 2. The van der Waals surface area contributed by atoms with Crippen molar-refractivity contribution in [3.8, 4) is 0 Å². The first-order valence-corrected chi connectivity index (χ1v) is 6.96. The summed E-state index contributed by atoms with van der Waals surface area (Å²) in [7, 11) is 0. The molecule has 2 heteroatoms. The van der Waals surface area contributed by atoms with E-state index < -0.39 is 6.10 Å². The van der Waals surface area contributed by atoms with Crippen LogP contribution in [-0.2, 0) is 0 Å². The molecule has 0 radical (unpaired) electrons. The molecule has 0 amide bonds. The number of hydrogen-bond donors (Lipinski definition) is 1. The normalized spacial score (nSPS) is 17.1. The Bertz CT molecular complexity index is 525. The topological polar surface area (TPSA) is 20.2 Å². The fourth-order valence-corrected chi connectivity index (χ4v) is 3.11. The average molecular weight is 244 g/mol. The zero-order valence-corrected chi connectivity index (χ0v) is 10.7. The molecule has 0 spiro atoms. The predicted octanol–water partition coefficient (Wildman–Crippen LogP) is 4.02. The molecular formula is C15H16OS. The van der Waals surface area contributed by atoms with E-state index in [0.29, 0.717) is 5.92 Å². The largest absolute Gasteiger partial charge is 0.384 e. The third-order valence-electron chi connectivity index (χ3n) is 3.50. The monoisotopic (exact) mass is 244 g/mol. The number of rotatable bonds is 3. The van der Waals surface area contributed by atoms with E-state index in [9.17, 15) is 5.11 Å². The van der Waals surface area contributed by atoms with E-state index in [0.717, 1.165) is 11.1 Å². The highest BCUT2D eigenvalue weighted by atomic mass is 32.1. The molecule has 1 nitrogen and oxygen atoms in total. The second kappa shape index (κ2) is 4.28. The molecule has 0 saturated heterocycles. The third kappa shape index (κ3) is 2.03. The Morgan fingerprint density at radius 2 is 1.94 bits per heavy atom. The summed E-state index contributed by atoms with van der Waals surface area (Å²) >= 11 is 1.70. The molecule has 1 heterocycles. The first kappa shape index (κ1) is 11.0. The minimum Gasteiger partial charge on any atom is -0.384 e. The summed E-state index contributed by atoms with van der Waals surface area (Å²) in [5.74, 6) is 0.680. The first-order chi connectivity index (χ1) is 8.27. The van der Waals surface area contributed by atoms with Crippen molar-refractivity contribution in [1.29, 1.82) is 0 Å². The number of aliphatic hydroxyl groups excluding tert-OH is 1. The van der Waals surface area contributed by atoms with Gasteiger partial charge in [0.15, 0.2) is 0 Å². The van der Waals surface area contributed by atoms with Gasteiger partial charge in [0.1, 0.15) is 6.10 Å². The van der Waals surface area contributed by atoms with Gasteiger partial charge in [0.25, 0.3) is 0 Å². The maximum Gasteiger partial charge on any atom is 0.105 e. The van der Waals surface area contributed by atoms with E-state index in [1.54, 1.807) is 11.3 Å². The summed E-state index contributed by atoms with van der Waals surface area (Å²) in [4.78, 5) is 1.21. The van der Waals surface area contributed by atoms with Crippen molar-refractivity contribution in [2.75, 3.05) is 0 Å². The van der Waals surface area contributed by atoms with Gasteiger partial charge in [-0.2, -0.15) is 0 Å². The van der Waals surface area contributed by atoms with Gasteiger partial charge in [-0.15, -0.1) is 11.3 Å². The summed E-state index contributed by atoms with van der Waals surface area (Å²) in [6, 6.07) is 10.4. The van der Waals surface area contributed by atoms with Crippen molar-refractivity contribution >= 4 is 11.3 Å². The molecule has 3 rings (SSSR count). The molecular weight excluding hydrogens is 228 g/mol. The van der Waals surface area contributed by atoms with Gasteiger partial charge < -0.3 is 5.11 Å². The van der Waals surface area contributed by atoms with Crippen molar-refractivity contribution in [3.63, 3.8) is 0 Å². The number of aryl methyl sites for hydroxylation is 1. The van der Waals surface area contributed by atoms with Crippen LogP contribution < -0.4 is 0 Å². The Balaban J connectivity index is 2.01. The van der Waals surface area contributed by atoms with Crippen molar-refractivity contribution < 1.29 is 5.11 Å². The molecule has 0 aliphatic heterocycles. The van der Waals surface area contributed by atoms with Crippen LogP contribution in [0.2, 0.25) is 0 Å². The van der Waals surface area contributed by atoms with Crippen LogP contribution in [0.15, 0.2) is 35.7 Å². The highest BCUT2D eigenvalue weighted by Gasteiger charge is 2.28. The van der Waals surface area contributed by atoms with Crippen LogP contribution in [0.1, 0.15) is 46.4 Å². The van der Waals surface area contributed by atoms with Crippen LogP contribution in [0.3, 0.4) is 0 Å². The van der Waals surface area contributed by atoms with Crippen LogP contribution in [0, 0.1) is 6.92 Å². The lowest BCUT2D eigenvalue weighted by molar-refractivity contribution is 0.219. The van der Waals surface area contributed by atoms with Gasteiger partial charge in [0.05, 0.1) is 0 Å². The predicted molar refractivity (Wildman–Crippen MR) is 71.5 cm³/mol. The zero-order valence-electron chi connectivity index (χ0n) is 9.89. The van der Waals surface area contributed by atoms with Gasteiger partial charge in [0.2, 0.25) is 0 Å². The van der Waals surface area contributed by atoms with Gasteiger partial charge in [0, 0.05) is 4.88 Å². The quantitative estimate of drug-likeness (QED) is 0.864. The zero-order chi connectivity index (χ0) is 11.8. The van der Waals surface area contributed by atoms with Crippen LogP contribution in [-0.4, -0.2) is 5.11 Å². The minimum atomic E-state index is -0.460. The fraction of sp³-hybridized carbons (Fsp3) is 0.333. The summed E-state index contributed by atoms with van der Waals surface area (Å²) < 4.78 is 0. The lowest BCUT2D eigenvalue weighted by Gasteiger charge is -2.15. The highest BCUT2D eigenvalue weighted by Crippen LogP contribution is 2.44. The summed E-state index contributed by atoms with van der Waals surface area (Å²) in [5.41, 5.74) is 3.49. The second-order valence-corrected chi connectivity index (χ2v) is 5.86. The van der Waals surface area contributed by atoms with E-state index >= 15 is 0 Å². The molecule has 2 aromatic rings. The second-order valence-electron chi connectivity index (χ2n) is 4.74. The molecule has 1 fully saturated rings. The highest BCUT2D eigenvalue weighted by molar-refractivity contribution is 7.10. The Morgan fingerprint density at radius 3 is 2.59 bits per heavy atom. The Labute approximate surface area is 106 Å². The average Bonchev–Trinajstić information content (AvgIpc) is 3.11. The van der Waals surface area contributed by atoms with Gasteiger partial charge in [-0.05, 0) is 53.8 Å². The molecule has 0 bridgehead atoms. The van der Waals surface area contributed by atoms with Crippen molar-refractivity contribution in [1.82, 2.24) is 0 Å². The Morgan fingerprint density at radius 1 is 1.18 bits per heavy atom. The molecule has 1 aliphatic carbocycles. The van der Waals surface area contributed by atoms with Gasteiger partial charge in [-0.3, -0.25) is 0 Å². The summed E-state index contributed by atoms with van der Waals surface area (Å²) in [6.45, 7) is 2.07. The molecule has 1 aromatic heterocycles. The summed E-state index contributed by atoms with van der Waals surface area (Å²) in [6.07, 6.45) is 2.08. The number of aliphatic hydroxyl groups is 1. The maximum absolute atomic E-state index is 10.5. The molecule has 1 saturated carbocycles. The van der Waals surface area contributed by atoms with E-state index in [4.69, 9.17) is 0 Å². The van der Waals surface area contributed by atoms with Crippen LogP contribution in [0.5, 0.6) is 0 Å². The lowest BCUT2D eigenvalue weighted by atomic mass is 9.95. The van der Waals surface area contributed by atoms with Gasteiger partial charge in [-0.25, -0.2) is 0 Å². The molecule has 1 aliphatic rings. The van der Waals surface area contributed by atoms with E-state index in [2.05, 4.69) is 25.1 Å². The smallest absolute Gasteiger partial charge is 0.105 e. The van der Waals surface area contributed by atoms with Crippen LogP contribution in [0.25, 0.3) is 0 Å². The molecule has 1 aromatic carbocycles. The molecule has 88 valence electrons. The van der Waals surface area contributed by atoms with E-state index in [1.165, 1.54) is 23.3 Å². The molecule has 17 heavy (non-hydrogen) atoms. The van der Waals surface area contributed by atoms with Crippen molar-refractivity contribution in [3.05, 3.63) is 57.3 Å². The van der Waals surface area contributed by atoms with Crippen molar-refractivity contribution in [2.45, 2.75) is 31.8 Å². The standard InChI is InChI=1S/C15H16OS/c1-10-12(8-9-17-10)15(16)14-5-3-2-4-13(14)11-6-7-11/h2-5,8-9,11,15-16H,6-7H2,1H3. The third-order valence-corrected chi connectivity index (χ3v) is 4.36. The summed E-state index contributed by atoms with van der Waals surface area (Å²) in [5, 5.41) is 12.6. The lowest BCUT2D eigenvalue weighted by Crippen LogP contribution is -2.03. The molecule has 1 N–H and O–H groups in total. The molecule has 1 atom stereocenters. The number of thiophene rings is 1. The van der Waals surface area contributed by atoms with Crippen LogP contribution in [0.4, 0.5) is 0 Å². The van der Waals surface area contributed by atoms with Crippen LogP contribution >= 0.6 is 11.3 Å².